The number of rotatable bonds is 5. The predicted molar refractivity (Wildman–Crippen MR) is 83.3 cm³/mol. The lowest BCUT2D eigenvalue weighted by atomic mass is 9.82. The maximum Gasteiger partial charge on any atom is 0.220 e. The highest BCUT2D eigenvalue weighted by molar-refractivity contribution is 5.76. The Hall–Kier alpha value is -0.570. The van der Waals surface area contributed by atoms with E-state index in [9.17, 15) is 4.79 Å². The number of nitrogens with two attached hydrogens (primary N) is 1. The Morgan fingerprint density at radius 2 is 1.80 bits per heavy atom. The maximum atomic E-state index is 12.2. The van der Waals surface area contributed by atoms with Gasteiger partial charge in [-0.15, -0.1) is 0 Å². The number of carbonyl (C=O) groups is 1. The van der Waals surface area contributed by atoms with Gasteiger partial charge in [-0.3, -0.25) is 4.79 Å². The summed E-state index contributed by atoms with van der Waals surface area (Å²) in [6.45, 7) is 2.27. The van der Waals surface area contributed by atoms with Gasteiger partial charge in [0.15, 0.2) is 0 Å². The average molecular weight is 280 g/mol. The highest BCUT2D eigenvalue weighted by Crippen LogP contribution is 2.29. The maximum absolute atomic E-state index is 12.2. The van der Waals surface area contributed by atoms with E-state index < -0.39 is 0 Å². The van der Waals surface area contributed by atoms with Gasteiger partial charge in [-0.1, -0.05) is 32.6 Å². The summed E-state index contributed by atoms with van der Waals surface area (Å²) in [5, 5.41) is 3.25. The van der Waals surface area contributed by atoms with Gasteiger partial charge in [-0.2, -0.15) is 0 Å². The van der Waals surface area contributed by atoms with E-state index in [1.165, 1.54) is 51.4 Å². The van der Waals surface area contributed by atoms with Crippen LogP contribution in [0.25, 0.3) is 0 Å². The summed E-state index contributed by atoms with van der Waals surface area (Å²) in [4.78, 5) is 12.2. The van der Waals surface area contributed by atoms with Crippen molar-refractivity contribution in [1.29, 1.82) is 0 Å². The van der Waals surface area contributed by atoms with E-state index in [1.807, 2.05) is 0 Å². The Morgan fingerprint density at radius 1 is 1.10 bits per heavy atom. The third-order valence-electron chi connectivity index (χ3n) is 5.32. The molecule has 2 aliphatic rings. The first kappa shape index (κ1) is 15.8. The SMILES string of the molecule is CCCC1CCC(NC(=O)CC2CCCCC2N)CC1. The molecule has 2 rings (SSSR count). The molecule has 0 bridgehead atoms. The predicted octanol–water partition coefficient (Wildman–Crippen LogP) is 3.37. The van der Waals surface area contributed by atoms with Crippen LogP contribution in [0.4, 0.5) is 0 Å². The number of nitrogens with one attached hydrogen (secondary N) is 1. The summed E-state index contributed by atoms with van der Waals surface area (Å²) in [5.41, 5.74) is 6.13. The topological polar surface area (TPSA) is 55.1 Å². The van der Waals surface area contributed by atoms with E-state index in [-0.39, 0.29) is 11.9 Å². The summed E-state index contributed by atoms with van der Waals surface area (Å²) in [6, 6.07) is 0.671. The molecule has 0 aromatic carbocycles. The summed E-state index contributed by atoms with van der Waals surface area (Å²) in [5.74, 6) is 1.56. The van der Waals surface area contributed by atoms with Crippen molar-refractivity contribution in [3.63, 3.8) is 0 Å². The highest BCUT2D eigenvalue weighted by Gasteiger charge is 2.26. The summed E-state index contributed by atoms with van der Waals surface area (Å²) >= 11 is 0. The Labute approximate surface area is 124 Å². The van der Waals surface area contributed by atoms with Gasteiger partial charge in [0.2, 0.25) is 5.91 Å². The molecule has 3 nitrogen and oxygen atoms in total. The lowest BCUT2D eigenvalue weighted by Crippen LogP contribution is -2.41. The van der Waals surface area contributed by atoms with Crippen molar-refractivity contribution in [1.82, 2.24) is 5.32 Å². The lowest BCUT2D eigenvalue weighted by molar-refractivity contribution is -0.123. The van der Waals surface area contributed by atoms with Gasteiger partial charge in [-0.25, -0.2) is 0 Å². The normalized spacial score (nSPS) is 34.7. The number of hydrogen-bond acceptors (Lipinski definition) is 2. The van der Waals surface area contributed by atoms with Gasteiger partial charge in [0.1, 0.15) is 0 Å². The van der Waals surface area contributed by atoms with Crippen molar-refractivity contribution >= 4 is 5.91 Å². The molecule has 0 saturated heterocycles. The standard InChI is InChI=1S/C17H32N2O/c1-2-5-13-8-10-15(11-9-13)19-17(20)12-14-6-3-4-7-16(14)18/h13-16H,2-12,18H2,1H3,(H,19,20). The molecule has 2 saturated carbocycles. The minimum Gasteiger partial charge on any atom is -0.353 e. The Morgan fingerprint density at radius 3 is 2.45 bits per heavy atom. The zero-order valence-corrected chi connectivity index (χ0v) is 13.1. The van der Waals surface area contributed by atoms with Crippen LogP contribution in [0, 0.1) is 11.8 Å². The lowest BCUT2D eigenvalue weighted by Gasteiger charge is -2.31. The fourth-order valence-corrected chi connectivity index (χ4v) is 4.02. The molecule has 0 aromatic heterocycles. The van der Waals surface area contributed by atoms with E-state index in [0.717, 1.165) is 18.8 Å². The molecule has 1 amide bonds. The van der Waals surface area contributed by atoms with Gasteiger partial charge in [0.05, 0.1) is 0 Å². The zero-order valence-electron chi connectivity index (χ0n) is 13.1. The molecule has 0 aliphatic heterocycles. The van der Waals surface area contributed by atoms with Crippen LogP contribution in [-0.4, -0.2) is 18.0 Å². The van der Waals surface area contributed by atoms with Gasteiger partial charge >= 0.3 is 0 Å². The molecule has 3 N–H and O–H groups in total. The molecule has 20 heavy (non-hydrogen) atoms. The molecule has 0 radical (unpaired) electrons. The first-order chi connectivity index (χ1) is 9.69. The van der Waals surface area contributed by atoms with Crippen LogP contribution < -0.4 is 11.1 Å². The summed E-state index contributed by atoms with van der Waals surface area (Å²) < 4.78 is 0. The van der Waals surface area contributed by atoms with Crippen LogP contribution in [0.1, 0.15) is 77.6 Å². The number of carbonyl (C=O) groups excluding carboxylic acids is 1. The van der Waals surface area contributed by atoms with Crippen molar-refractivity contribution in [3.05, 3.63) is 0 Å². The van der Waals surface area contributed by atoms with E-state index in [1.54, 1.807) is 0 Å². The van der Waals surface area contributed by atoms with E-state index in [2.05, 4.69) is 12.2 Å². The smallest absolute Gasteiger partial charge is 0.220 e. The second-order valence-corrected chi connectivity index (χ2v) is 6.99. The van der Waals surface area contributed by atoms with Crippen LogP contribution >= 0.6 is 0 Å². The number of amides is 1. The molecule has 2 atom stereocenters. The minimum atomic E-state index is 0.242. The minimum absolute atomic E-state index is 0.242. The molecule has 0 spiro atoms. The fraction of sp³-hybridized carbons (Fsp3) is 0.941. The molecule has 116 valence electrons. The van der Waals surface area contributed by atoms with Crippen molar-refractivity contribution in [2.45, 2.75) is 89.6 Å². The molecule has 3 heteroatoms. The first-order valence-corrected chi connectivity index (χ1v) is 8.74. The molecule has 0 heterocycles. The van der Waals surface area contributed by atoms with Crippen LogP contribution in [0.15, 0.2) is 0 Å². The zero-order chi connectivity index (χ0) is 14.4. The Bertz CT molecular complexity index is 297. The first-order valence-electron chi connectivity index (χ1n) is 8.74. The van der Waals surface area contributed by atoms with Crippen molar-refractivity contribution < 1.29 is 4.79 Å². The summed E-state index contributed by atoms with van der Waals surface area (Å²) in [7, 11) is 0. The van der Waals surface area contributed by atoms with Crippen LogP contribution in [-0.2, 0) is 4.79 Å². The van der Waals surface area contributed by atoms with Crippen molar-refractivity contribution in [3.8, 4) is 0 Å². The third-order valence-corrected chi connectivity index (χ3v) is 5.32. The van der Waals surface area contributed by atoms with Gasteiger partial charge in [0.25, 0.3) is 0 Å². The molecule has 2 unspecified atom stereocenters. The quantitative estimate of drug-likeness (QED) is 0.811. The van der Waals surface area contributed by atoms with Gasteiger partial charge in [0, 0.05) is 18.5 Å². The van der Waals surface area contributed by atoms with Crippen LogP contribution in [0.5, 0.6) is 0 Å². The summed E-state index contributed by atoms with van der Waals surface area (Å²) in [6.07, 6.45) is 12.9. The number of hydrogen-bond donors (Lipinski definition) is 2. The average Bonchev–Trinajstić information content (AvgIpc) is 2.44. The molecule has 2 fully saturated rings. The van der Waals surface area contributed by atoms with Crippen LogP contribution in [0.3, 0.4) is 0 Å². The second-order valence-electron chi connectivity index (χ2n) is 6.99. The highest BCUT2D eigenvalue weighted by atomic mass is 16.1. The second kappa shape index (κ2) is 8.02. The largest absolute Gasteiger partial charge is 0.353 e. The van der Waals surface area contributed by atoms with E-state index in [4.69, 9.17) is 5.73 Å². The molecular weight excluding hydrogens is 248 g/mol. The molecule has 0 aromatic rings. The molecule has 2 aliphatic carbocycles. The van der Waals surface area contributed by atoms with Gasteiger partial charge < -0.3 is 11.1 Å². The third kappa shape index (κ3) is 4.76. The van der Waals surface area contributed by atoms with E-state index >= 15 is 0 Å². The van der Waals surface area contributed by atoms with E-state index in [0.29, 0.717) is 18.4 Å². The van der Waals surface area contributed by atoms with Gasteiger partial charge in [-0.05, 0) is 50.4 Å². The van der Waals surface area contributed by atoms with Crippen molar-refractivity contribution in [2.75, 3.05) is 0 Å². The monoisotopic (exact) mass is 280 g/mol. The Balaban J connectivity index is 1.67. The molecular formula is C17H32N2O. The van der Waals surface area contributed by atoms with Crippen molar-refractivity contribution in [2.24, 2.45) is 17.6 Å². The fourth-order valence-electron chi connectivity index (χ4n) is 4.02. The Kier molecular flexibility index (Phi) is 6.34. The van der Waals surface area contributed by atoms with Crippen LogP contribution in [0.2, 0.25) is 0 Å².